The van der Waals surface area contributed by atoms with Gasteiger partial charge in [-0.25, -0.2) is 0 Å². The first-order chi connectivity index (χ1) is 14.5. The summed E-state index contributed by atoms with van der Waals surface area (Å²) in [7, 11) is 10.8. The molecule has 2 unspecified atom stereocenters. The van der Waals surface area contributed by atoms with Crippen LogP contribution in [-0.2, 0) is 11.7 Å². The molecule has 0 saturated heterocycles. The Kier molecular flexibility index (Phi) is 7.82. The molecule has 0 spiro atoms. The third-order valence-electron chi connectivity index (χ3n) is 5.93. The average Bonchev–Trinajstić information content (AvgIpc) is 2.72. The van der Waals surface area contributed by atoms with Gasteiger partial charge in [0.1, 0.15) is 0 Å². The SMILES string of the molecule is CCC1(C)Pc2ccc(F)cc2C[N](C(C)(C)C)[Tl]([Cl])[O]c2c(OC)cc(OC)cc21. The van der Waals surface area contributed by atoms with Crippen LogP contribution in [0, 0.1) is 5.82 Å². The first-order valence-corrected chi connectivity index (χ1v) is 20.8. The molecule has 0 aromatic heterocycles. The van der Waals surface area contributed by atoms with E-state index >= 15 is 0 Å². The molecule has 0 saturated carbocycles. The van der Waals surface area contributed by atoms with Gasteiger partial charge in [0.2, 0.25) is 0 Å². The topological polar surface area (TPSA) is 30.9 Å². The fourth-order valence-corrected chi connectivity index (χ4v) is 15.2. The Bertz CT molecular complexity index is 955. The fourth-order valence-electron chi connectivity index (χ4n) is 3.79. The molecule has 0 fully saturated rings. The summed E-state index contributed by atoms with van der Waals surface area (Å²) in [5.41, 5.74) is 1.80. The van der Waals surface area contributed by atoms with Gasteiger partial charge >= 0.3 is 201 Å². The number of benzene rings is 2. The molecule has 2 aromatic rings. The van der Waals surface area contributed by atoms with Crippen molar-refractivity contribution < 1.29 is 16.6 Å². The predicted molar refractivity (Wildman–Crippen MR) is 129 cm³/mol. The van der Waals surface area contributed by atoms with Gasteiger partial charge in [0.25, 0.3) is 0 Å². The van der Waals surface area contributed by atoms with E-state index in [1.165, 1.54) is 0 Å². The van der Waals surface area contributed by atoms with E-state index < -0.39 is 22.2 Å². The summed E-state index contributed by atoms with van der Waals surface area (Å²) in [4.78, 5) is 0. The number of hydrogen-bond donors (Lipinski definition) is 0. The molecule has 8 heteroatoms. The molecule has 1 aliphatic heterocycles. The minimum absolute atomic E-state index is 0.214. The Morgan fingerprint density at radius 3 is 2.52 bits per heavy atom. The summed E-state index contributed by atoms with van der Waals surface area (Å²) in [6, 6.07) is 9.03. The van der Waals surface area contributed by atoms with Gasteiger partial charge in [-0.2, -0.15) is 0 Å². The maximum atomic E-state index is 14.2. The van der Waals surface area contributed by atoms with Crippen molar-refractivity contribution in [2.24, 2.45) is 0 Å². The number of rotatable bonds is 3. The van der Waals surface area contributed by atoms with Crippen LogP contribution in [0.4, 0.5) is 4.39 Å². The van der Waals surface area contributed by atoms with E-state index in [9.17, 15) is 4.39 Å². The Balaban J connectivity index is 2.30. The van der Waals surface area contributed by atoms with Crippen LogP contribution in [0.5, 0.6) is 17.2 Å². The number of ether oxygens (including phenoxy) is 2. The molecule has 31 heavy (non-hydrogen) atoms. The van der Waals surface area contributed by atoms with E-state index in [0.717, 1.165) is 34.4 Å². The summed E-state index contributed by atoms with van der Waals surface area (Å²) in [5.74, 6) is 1.86. The standard InChI is InChI=1S/C23H32FNO3P.ClH.Tl/c1-8-23(5,18-12-17(27-6)13-19(28-7)21(18)26)29-20-10-9-16(24)11-15(20)14-25-22(2,3)4;;/h9-13,26,29H,8,14H2,1-7H3;1H;/q-1;;+3/p-2. The normalized spacial score (nSPS) is 20.6. The predicted octanol–water partition coefficient (Wildman–Crippen LogP) is 5.69. The molecule has 4 nitrogen and oxygen atoms in total. The van der Waals surface area contributed by atoms with Crippen LogP contribution in [-0.4, -0.2) is 44.7 Å². The molecule has 0 radical (unpaired) electrons. The quantitative estimate of drug-likeness (QED) is 0.314. The summed E-state index contributed by atoms with van der Waals surface area (Å²) in [6.45, 7) is 11.3. The second-order valence-electron chi connectivity index (χ2n) is 9.03. The van der Waals surface area contributed by atoms with E-state index in [4.69, 9.17) is 20.5 Å². The van der Waals surface area contributed by atoms with Crippen molar-refractivity contribution in [2.45, 2.75) is 58.3 Å². The third kappa shape index (κ3) is 5.31. The summed E-state index contributed by atoms with van der Waals surface area (Å²) >= 11 is -3.44. The summed E-state index contributed by atoms with van der Waals surface area (Å²) in [6.07, 6.45) is 0.877. The van der Waals surface area contributed by atoms with Gasteiger partial charge in [0, 0.05) is 0 Å². The molecule has 0 aliphatic carbocycles. The van der Waals surface area contributed by atoms with Gasteiger partial charge < -0.3 is 0 Å². The average molecular weight is 659 g/mol. The molecule has 168 valence electrons. The molecule has 1 aliphatic rings. The second-order valence-corrected chi connectivity index (χ2v) is 19.8. The van der Waals surface area contributed by atoms with Gasteiger partial charge in [-0.05, 0) is 0 Å². The Hall–Kier alpha value is -0.628. The van der Waals surface area contributed by atoms with Crippen molar-refractivity contribution in [1.29, 1.82) is 0 Å². The van der Waals surface area contributed by atoms with Crippen molar-refractivity contribution in [3.63, 3.8) is 0 Å². The van der Waals surface area contributed by atoms with Gasteiger partial charge in [-0.1, -0.05) is 0 Å². The third-order valence-corrected chi connectivity index (χ3v) is 18.0. The van der Waals surface area contributed by atoms with Crippen LogP contribution in [0.2, 0.25) is 0 Å². The maximum absolute atomic E-state index is 14.2. The molecule has 0 amide bonds. The van der Waals surface area contributed by atoms with Gasteiger partial charge in [-0.3, -0.25) is 0 Å². The molecule has 2 aromatic carbocycles. The number of halogens is 2. The summed E-state index contributed by atoms with van der Waals surface area (Å²) < 4.78 is 34.4. The van der Waals surface area contributed by atoms with Gasteiger partial charge in [-0.15, -0.1) is 0 Å². The molecule has 0 N–H and O–H groups in total. The van der Waals surface area contributed by atoms with E-state index in [2.05, 4.69) is 37.3 Å². The number of hydrogen-bond acceptors (Lipinski definition) is 4. The van der Waals surface area contributed by atoms with Crippen LogP contribution >= 0.6 is 16.9 Å². The first kappa shape index (κ1) is 25.0. The van der Waals surface area contributed by atoms with E-state index in [0.29, 0.717) is 20.9 Å². The Morgan fingerprint density at radius 2 is 1.94 bits per heavy atom. The molecular weight excluding hydrogens is 628 g/mol. The minimum atomic E-state index is -3.44. The molecule has 1 heterocycles. The van der Waals surface area contributed by atoms with Gasteiger partial charge in [0.15, 0.2) is 0 Å². The Labute approximate surface area is 199 Å². The zero-order valence-electron chi connectivity index (χ0n) is 19.3. The summed E-state index contributed by atoms with van der Waals surface area (Å²) in [5, 5.41) is 0.921. The van der Waals surface area contributed by atoms with Crippen LogP contribution < -0.4 is 17.5 Å². The molecular formula is C23H31ClFNO3PTl. The second kappa shape index (κ2) is 9.70. The molecule has 0 bridgehead atoms. The van der Waals surface area contributed by atoms with Crippen molar-refractivity contribution in [1.82, 2.24) is 2.71 Å². The zero-order valence-corrected chi connectivity index (χ0v) is 25.6. The van der Waals surface area contributed by atoms with E-state index in [-0.39, 0.29) is 16.5 Å². The molecule has 3 rings (SSSR count). The van der Waals surface area contributed by atoms with Gasteiger partial charge in [0.05, 0.1) is 0 Å². The van der Waals surface area contributed by atoms with Crippen LogP contribution in [0.15, 0.2) is 30.3 Å². The van der Waals surface area contributed by atoms with Crippen molar-refractivity contribution in [3.05, 3.63) is 47.3 Å². The van der Waals surface area contributed by atoms with Crippen LogP contribution in [0.25, 0.3) is 0 Å². The van der Waals surface area contributed by atoms with Crippen LogP contribution in [0.1, 0.15) is 52.2 Å². The van der Waals surface area contributed by atoms with Crippen molar-refractivity contribution in [3.8, 4) is 17.2 Å². The van der Waals surface area contributed by atoms with Crippen molar-refractivity contribution >= 4 is 44.4 Å². The van der Waals surface area contributed by atoms with Crippen molar-refractivity contribution in [2.75, 3.05) is 14.2 Å². The monoisotopic (exact) mass is 659 g/mol. The first-order valence-electron chi connectivity index (χ1n) is 10.4. The Morgan fingerprint density at radius 1 is 1.23 bits per heavy atom. The number of methoxy groups -OCH3 is 2. The van der Waals surface area contributed by atoms with E-state index in [1.807, 2.05) is 18.2 Å². The van der Waals surface area contributed by atoms with Crippen LogP contribution in [0.3, 0.4) is 0 Å². The number of fused-ring (bicyclic) bond motifs is 2. The van der Waals surface area contributed by atoms with E-state index in [1.54, 1.807) is 26.4 Å². The zero-order chi connectivity index (χ0) is 23.0. The molecule has 2 atom stereocenters. The number of nitrogens with zero attached hydrogens (tertiary/aromatic N) is 1. The fraction of sp³-hybridized carbons (Fsp3) is 0.478.